The van der Waals surface area contributed by atoms with Crippen molar-refractivity contribution in [1.29, 1.82) is 0 Å². The van der Waals surface area contributed by atoms with E-state index in [4.69, 9.17) is 0 Å². The minimum Gasteiger partial charge on any atom is -0.465 e. The van der Waals surface area contributed by atoms with E-state index in [9.17, 15) is 9.59 Å². The Labute approximate surface area is 83.4 Å². The van der Waals surface area contributed by atoms with Crippen molar-refractivity contribution < 1.29 is 9.53 Å². The van der Waals surface area contributed by atoms with E-state index >= 15 is 0 Å². The number of thiazole rings is 1. The zero-order valence-corrected chi connectivity index (χ0v) is 8.21. The Bertz CT molecular complexity index is 540. The summed E-state index contributed by atoms with van der Waals surface area (Å²) in [5.41, 5.74) is 0.0732. The number of hydrogen-bond donors (Lipinski definition) is 0. The van der Waals surface area contributed by atoms with Gasteiger partial charge in [-0.15, -0.1) is 11.3 Å². The maximum absolute atomic E-state index is 11.4. The van der Waals surface area contributed by atoms with Gasteiger partial charge in [-0.2, -0.15) is 0 Å². The van der Waals surface area contributed by atoms with Gasteiger partial charge < -0.3 is 4.74 Å². The molecule has 2 rings (SSSR count). The molecule has 2 heterocycles. The quantitative estimate of drug-likeness (QED) is 0.662. The lowest BCUT2D eigenvalue weighted by Gasteiger charge is -1.98. The number of aromatic nitrogens is 1. The van der Waals surface area contributed by atoms with Crippen LogP contribution in [0.3, 0.4) is 0 Å². The molecule has 5 heteroatoms. The molecule has 14 heavy (non-hydrogen) atoms. The monoisotopic (exact) mass is 209 g/mol. The molecule has 0 saturated carbocycles. The molecule has 0 N–H and O–H groups in total. The summed E-state index contributed by atoms with van der Waals surface area (Å²) in [4.78, 5) is 23.3. The maximum atomic E-state index is 11.4. The molecular formula is C9H7NO3S. The number of carbonyl (C=O) groups excluding carboxylic acids is 1. The van der Waals surface area contributed by atoms with E-state index < -0.39 is 5.97 Å². The summed E-state index contributed by atoms with van der Waals surface area (Å²) in [5.74, 6) is -0.488. The fourth-order valence-corrected chi connectivity index (χ4v) is 1.97. The summed E-state index contributed by atoms with van der Waals surface area (Å²) < 4.78 is 6.02. The number of fused-ring (bicyclic) bond motifs is 1. The molecule has 2 aromatic rings. The van der Waals surface area contributed by atoms with Crippen molar-refractivity contribution in [3.8, 4) is 0 Å². The molecule has 0 aliphatic carbocycles. The lowest BCUT2D eigenvalue weighted by Crippen LogP contribution is -2.13. The topological polar surface area (TPSA) is 47.8 Å². The standard InChI is InChI=1S/C9H7NO3S/c1-13-9(12)6-4-7(11)10-2-3-14-8(10)5-6/h2-5H,1H3. The minimum atomic E-state index is -0.488. The zero-order chi connectivity index (χ0) is 10.1. The molecule has 0 bridgehead atoms. The van der Waals surface area contributed by atoms with E-state index in [2.05, 4.69) is 4.74 Å². The minimum absolute atomic E-state index is 0.218. The van der Waals surface area contributed by atoms with Crippen LogP contribution in [0.25, 0.3) is 4.83 Å². The number of esters is 1. The van der Waals surface area contributed by atoms with Crippen LogP contribution in [0.15, 0.2) is 28.5 Å². The third kappa shape index (κ3) is 1.31. The summed E-state index contributed by atoms with van der Waals surface area (Å²) in [7, 11) is 1.29. The molecule has 0 fully saturated rings. The molecule has 4 nitrogen and oxygen atoms in total. The maximum Gasteiger partial charge on any atom is 0.338 e. The van der Waals surface area contributed by atoms with Crippen LogP contribution in [0.2, 0.25) is 0 Å². The van der Waals surface area contributed by atoms with Crippen molar-refractivity contribution in [3.63, 3.8) is 0 Å². The van der Waals surface area contributed by atoms with Gasteiger partial charge in [0.05, 0.1) is 12.7 Å². The van der Waals surface area contributed by atoms with Crippen LogP contribution in [0.1, 0.15) is 10.4 Å². The second-order valence-corrected chi connectivity index (χ2v) is 3.61. The van der Waals surface area contributed by atoms with Crippen LogP contribution < -0.4 is 5.56 Å². The first-order valence-electron chi connectivity index (χ1n) is 3.90. The lowest BCUT2D eigenvalue weighted by molar-refractivity contribution is 0.0600. The third-order valence-corrected chi connectivity index (χ3v) is 2.67. The Balaban J connectivity index is 2.70. The summed E-state index contributed by atoms with van der Waals surface area (Å²) in [6.45, 7) is 0. The van der Waals surface area contributed by atoms with Crippen molar-refractivity contribution >= 4 is 22.1 Å². The van der Waals surface area contributed by atoms with Gasteiger partial charge in [0, 0.05) is 17.6 Å². The van der Waals surface area contributed by atoms with Crippen molar-refractivity contribution in [2.24, 2.45) is 0 Å². The summed E-state index contributed by atoms with van der Waals surface area (Å²) in [5, 5.41) is 1.79. The van der Waals surface area contributed by atoms with Gasteiger partial charge in [0.15, 0.2) is 0 Å². The van der Waals surface area contributed by atoms with Gasteiger partial charge in [-0.3, -0.25) is 9.20 Å². The average Bonchev–Trinajstić information content (AvgIpc) is 2.64. The van der Waals surface area contributed by atoms with E-state index in [0.717, 1.165) is 4.83 Å². The van der Waals surface area contributed by atoms with E-state index in [1.807, 2.05) is 0 Å². The highest BCUT2D eigenvalue weighted by atomic mass is 32.1. The first-order chi connectivity index (χ1) is 6.72. The van der Waals surface area contributed by atoms with E-state index in [0.29, 0.717) is 5.56 Å². The molecule has 0 aromatic carbocycles. The molecular weight excluding hydrogens is 202 g/mol. The van der Waals surface area contributed by atoms with Crippen molar-refractivity contribution in [2.75, 3.05) is 7.11 Å². The van der Waals surface area contributed by atoms with Crippen molar-refractivity contribution in [2.45, 2.75) is 0 Å². The van der Waals surface area contributed by atoms with Crippen LogP contribution in [-0.2, 0) is 4.74 Å². The van der Waals surface area contributed by atoms with E-state index in [1.165, 1.54) is 28.9 Å². The first-order valence-corrected chi connectivity index (χ1v) is 4.78. The van der Waals surface area contributed by atoms with Crippen LogP contribution in [0.4, 0.5) is 0 Å². The number of nitrogens with zero attached hydrogens (tertiary/aromatic N) is 1. The molecule has 0 atom stereocenters. The normalized spacial score (nSPS) is 10.4. The van der Waals surface area contributed by atoms with Gasteiger partial charge in [0.1, 0.15) is 4.83 Å². The molecule has 0 saturated heterocycles. The molecule has 0 radical (unpaired) electrons. The summed E-state index contributed by atoms with van der Waals surface area (Å²) >= 11 is 1.40. The zero-order valence-electron chi connectivity index (χ0n) is 7.39. The largest absolute Gasteiger partial charge is 0.465 e. The predicted molar refractivity (Wildman–Crippen MR) is 52.9 cm³/mol. The number of pyridine rings is 1. The predicted octanol–water partition coefficient (Wildman–Crippen LogP) is 1.15. The van der Waals surface area contributed by atoms with E-state index in [1.54, 1.807) is 17.6 Å². The number of rotatable bonds is 1. The van der Waals surface area contributed by atoms with Gasteiger partial charge in [-0.1, -0.05) is 0 Å². The second-order valence-electron chi connectivity index (χ2n) is 2.69. The van der Waals surface area contributed by atoms with Crippen LogP contribution in [0.5, 0.6) is 0 Å². The molecule has 0 aliphatic rings. The summed E-state index contributed by atoms with van der Waals surface area (Å²) in [6.07, 6.45) is 1.67. The van der Waals surface area contributed by atoms with Crippen molar-refractivity contribution in [3.05, 3.63) is 39.6 Å². The van der Waals surface area contributed by atoms with Gasteiger partial charge in [0.2, 0.25) is 0 Å². The lowest BCUT2D eigenvalue weighted by atomic mass is 10.3. The fourth-order valence-electron chi connectivity index (χ4n) is 1.19. The van der Waals surface area contributed by atoms with Crippen molar-refractivity contribution in [1.82, 2.24) is 4.40 Å². The Morgan fingerprint density at radius 3 is 3.00 bits per heavy atom. The number of carbonyl (C=O) groups is 1. The smallest absolute Gasteiger partial charge is 0.338 e. The number of ether oxygens (including phenoxy) is 1. The first kappa shape index (κ1) is 8.96. The Kier molecular flexibility index (Phi) is 2.09. The molecule has 0 spiro atoms. The molecule has 72 valence electrons. The molecule has 0 amide bonds. The molecule has 0 unspecified atom stereocenters. The summed E-state index contributed by atoms with van der Waals surface area (Å²) in [6, 6.07) is 2.91. The van der Waals surface area contributed by atoms with E-state index in [-0.39, 0.29) is 5.56 Å². The highest BCUT2D eigenvalue weighted by molar-refractivity contribution is 7.15. The Hall–Kier alpha value is -1.62. The highest BCUT2D eigenvalue weighted by Crippen LogP contribution is 2.11. The van der Waals surface area contributed by atoms with Crippen LogP contribution in [-0.4, -0.2) is 17.5 Å². The Morgan fingerprint density at radius 1 is 1.50 bits per heavy atom. The van der Waals surface area contributed by atoms with Crippen LogP contribution in [0, 0.1) is 0 Å². The average molecular weight is 209 g/mol. The van der Waals surface area contributed by atoms with Gasteiger partial charge in [-0.25, -0.2) is 4.79 Å². The second kappa shape index (κ2) is 3.26. The SMILES string of the molecule is COC(=O)c1cc(=O)n2ccsc2c1. The Morgan fingerprint density at radius 2 is 2.29 bits per heavy atom. The molecule has 0 aliphatic heterocycles. The third-order valence-electron chi connectivity index (χ3n) is 1.85. The van der Waals surface area contributed by atoms with Gasteiger partial charge >= 0.3 is 5.97 Å². The van der Waals surface area contributed by atoms with Gasteiger partial charge in [-0.05, 0) is 6.07 Å². The fraction of sp³-hybridized carbons (Fsp3) is 0.111. The van der Waals surface area contributed by atoms with Gasteiger partial charge in [0.25, 0.3) is 5.56 Å². The highest BCUT2D eigenvalue weighted by Gasteiger charge is 2.08. The number of hydrogen-bond acceptors (Lipinski definition) is 4. The number of methoxy groups -OCH3 is 1. The molecule has 2 aromatic heterocycles. The van der Waals surface area contributed by atoms with Crippen LogP contribution >= 0.6 is 11.3 Å².